The second-order valence-corrected chi connectivity index (χ2v) is 3.94. The van der Waals surface area contributed by atoms with E-state index in [1.165, 1.54) is 12.1 Å². The molecule has 5 nitrogen and oxygen atoms in total. The maximum atomic E-state index is 11.4. The minimum absolute atomic E-state index is 0.0738. The molecule has 7 heteroatoms. The molecule has 1 aromatic rings. The van der Waals surface area contributed by atoms with E-state index < -0.39 is 10.9 Å². The van der Waals surface area contributed by atoms with Gasteiger partial charge in [-0.05, 0) is 35.0 Å². The van der Waals surface area contributed by atoms with Gasteiger partial charge in [-0.25, -0.2) is 4.79 Å². The van der Waals surface area contributed by atoms with Crippen molar-refractivity contribution in [3.05, 3.63) is 37.3 Å². The summed E-state index contributed by atoms with van der Waals surface area (Å²) in [6.07, 6.45) is 0. The van der Waals surface area contributed by atoms with Gasteiger partial charge in [0.15, 0.2) is 0 Å². The number of rotatable bonds is 3. The van der Waals surface area contributed by atoms with Crippen molar-refractivity contribution in [2.75, 3.05) is 6.61 Å². The summed E-state index contributed by atoms with van der Waals surface area (Å²) in [5.41, 5.74) is -0.505. The molecule has 0 heterocycles. The summed E-state index contributed by atoms with van der Waals surface area (Å²) >= 11 is 8.68. The number of hydrogen-bond acceptors (Lipinski definition) is 4. The number of hydrogen-bond donors (Lipinski definition) is 0. The highest BCUT2D eigenvalue weighted by atomic mass is 79.9. The van der Waals surface area contributed by atoms with E-state index >= 15 is 0 Å². The molecule has 0 amide bonds. The predicted octanol–water partition coefficient (Wildman–Crippen LogP) is 3.19. The van der Waals surface area contributed by atoms with Gasteiger partial charge in [-0.2, -0.15) is 0 Å². The number of nitrogens with zero attached hydrogens (tertiary/aromatic N) is 1. The van der Waals surface area contributed by atoms with Crippen molar-refractivity contribution in [2.45, 2.75) is 6.92 Å². The zero-order valence-corrected chi connectivity index (χ0v) is 10.5. The van der Waals surface area contributed by atoms with Gasteiger partial charge in [-0.3, -0.25) is 10.1 Å². The van der Waals surface area contributed by atoms with Crippen molar-refractivity contribution < 1.29 is 14.5 Å². The summed E-state index contributed by atoms with van der Waals surface area (Å²) in [5, 5.41) is 11.0. The fourth-order valence-corrected chi connectivity index (χ4v) is 1.74. The maximum absolute atomic E-state index is 11.4. The van der Waals surface area contributed by atoms with Gasteiger partial charge in [-0.15, -0.1) is 0 Å². The lowest BCUT2D eigenvalue weighted by molar-refractivity contribution is -0.386. The van der Waals surface area contributed by atoms with Gasteiger partial charge in [0.05, 0.1) is 16.6 Å². The summed E-state index contributed by atoms with van der Waals surface area (Å²) in [4.78, 5) is 21.6. The molecule has 0 radical (unpaired) electrons. The maximum Gasteiger partial charge on any atom is 0.345 e. The number of ether oxygens (including phenoxy) is 1. The number of benzene rings is 1. The second-order valence-electron chi connectivity index (χ2n) is 2.74. The molecule has 0 aliphatic heterocycles. The molecule has 0 unspecified atom stereocenters. The van der Waals surface area contributed by atoms with Crippen LogP contribution in [0.15, 0.2) is 16.6 Å². The molecule has 0 N–H and O–H groups in total. The Morgan fingerprint density at radius 1 is 1.62 bits per heavy atom. The molecule has 1 rings (SSSR count). The van der Waals surface area contributed by atoms with Crippen LogP contribution in [0.4, 0.5) is 5.69 Å². The van der Waals surface area contributed by atoms with Crippen molar-refractivity contribution in [2.24, 2.45) is 0 Å². The fraction of sp³-hybridized carbons (Fsp3) is 0.222. The molecule has 0 fully saturated rings. The molecule has 0 bridgehead atoms. The normalized spacial score (nSPS) is 9.94. The van der Waals surface area contributed by atoms with E-state index in [2.05, 4.69) is 15.9 Å². The Kier molecular flexibility index (Phi) is 4.26. The Morgan fingerprint density at radius 2 is 2.25 bits per heavy atom. The molecule has 1 aromatic carbocycles. The molecule has 0 aliphatic carbocycles. The highest BCUT2D eigenvalue weighted by molar-refractivity contribution is 9.10. The van der Waals surface area contributed by atoms with Crippen LogP contribution in [0.25, 0.3) is 0 Å². The topological polar surface area (TPSA) is 69.4 Å². The van der Waals surface area contributed by atoms with Gasteiger partial charge in [0, 0.05) is 0 Å². The van der Waals surface area contributed by atoms with Crippen molar-refractivity contribution >= 4 is 39.2 Å². The minimum atomic E-state index is -0.744. The van der Waals surface area contributed by atoms with E-state index in [1.807, 2.05) is 0 Å². The monoisotopic (exact) mass is 307 g/mol. The summed E-state index contributed by atoms with van der Waals surface area (Å²) in [6.45, 7) is 1.77. The van der Waals surface area contributed by atoms with E-state index in [0.29, 0.717) is 0 Å². The molecule has 0 spiro atoms. The standard InChI is InChI=1S/C9H7BrClNO4/c1-2-16-9(13)5-3-4-6(11)7(10)8(5)12(14)15/h3-4H,2H2,1H3. The lowest BCUT2D eigenvalue weighted by Crippen LogP contribution is -2.08. The predicted molar refractivity (Wildman–Crippen MR) is 61.8 cm³/mol. The Bertz CT molecular complexity index is 449. The van der Waals surface area contributed by atoms with Gasteiger partial charge in [0.25, 0.3) is 5.69 Å². The SMILES string of the molecule is CCOC(=O)c1ccc(Cl)c(Br)c1[N+](=O)[O-]. The van der Waals surface area contributed by atoms with E-state index in [-0.39, 0.29) is 27.4 Å². The van der Waals surface area contributed by atoms with Crippen LogP contribution in [-0.2, 0) is 4.74 Å². The van der Waals surface area contributed by atoms with Crippen LogP contribution in [0.5, 0.6) is 0 Å². The van der Waals surface area contributed by atoms with E-state index in [1.54, 1.807) is 6.92 Å². The third-order valence-corrected chi connectivity index (χ3v) is 3.09. The van der Waals surface area contributed by atoms with Crippen LogP contribution in [-0.4, -0.2) is 17.5 Å². The van der Waals surface area contributed by atoms with Crippen LogP contribution in [0.2, 0.25) is 5.02 Å². The molecule has 86 valence electrons. The Balaban J connectivity index is 3.34. The van der Waals surface area contributed by atoms with Crippen LogP contribution in [0.3, 0.4) is 0 Å². The van der Waals surface area contributed by atoms with Crippen molar-refractivity contribution in [3.63, 3.8) is 0 Å². The lowest BCUT2D eigenvalue weighted by Gasteiger charge is -2.05. The van der Waals surface area contributed by atoms with Crippen molar-refractivity contribution in [1.29, 1.82) is 0 Å². The van der Waals surface area contributed by atoms with Crippen molar-refractivity contribution in [1.82, 2.24) is 0 Å². The molecule has 0 aliphatic rings. The Morgan fingerprint density at radius 3 is 2.75 bits per heavy atom. The summed E-state index contributed by atoms with van der Waals surface area (Å²) in [5.74, 6) is -0.744. The van der Waals surface area contributed by atoms with Gasteiger partial charge in [0.1, 0.15) is 10.0 Å². The molecule has 0 saturated heterocycles. The number of halogens is 2. The Labute approximate surface area is 105 Å². The van der Waals surface area contributed by atoms with Crippen LogP contribution in [0, 0.1) is 10.1 Å². The minimum Gasteiger partial charge on any atom is -0.462 e. The molecular weight excluding hydrogens is 301 g/mol. The first-order valence-electron chi connectivity index (χ1n) is 4.28. The zero-order valence-electron chi connectivity index (χ0n) is 8.20. The fourth-order valence-electron chi connectivity index (χ4n) is 1.09. The average molecular weight is 309 g/mol. The smallest absolute Gasteiger partial charge is 0.345 e. The largest absolute Gasteiger partial charge is 0.462 e. The first-order chi connectivity index (χ1) is 7.49. The van der Waals surface area contributed by atoms with Gasteiger partial charge in [0.2, 0.25) is 0 Å². The van der Waals surface area contributed by atoms with Crippen LogP contribution in [0.1, 0.15) is 17.3 Å². The number of esters is 1. The van der Waals surface area contributed by atoms with Gasteiger partial charge < -0.3 is 4.74 Å². The zero-order chi connectivity index (χ0) is 12.3. The summed E-state index contributed by atoms with van der Waals surface area (Å²) < 4.78 is 4.78. The third kappa shape index (κ3) is 2.51. The molecule has 0 aromatic heterocycles. The Hall–Kier alpha value is -1.14. The first-order valence-corrected chi connectivity index (χ1v) is 5.45. The highest BCUT2D eigenvalue weighted by Gasteiger charge is 2.26. The quantitative estimate of drug-likeness (QED) is 0.488. The van der Waals surface area contributed by atoms with Gasteiger partial charge >= 0.3 is 5.97 Å². The lowest BCUT2D eigenvalue weighted by atomic mass is 10.2. The molecule has 0 atom stereocenters. The third-order valence-electron chi connectivity index (χ3n) is 1.75. The van der Waals surface area contributed by atoms with Crippen LogP contribution >= 0.6 is 27.5 Å². The van der Waals surface area contributed by atoms with Gasteiger partial charge in [-0.1, -0.05) is 11.6 Å². The number of carbonyl (C=O) groups excluding carboxylic acids is 1. The van der Waals surface area contributed by atoms with Crippen molar-refractivity contribution in [3.8, 4) is 0 Å². The summed E-state index contributed by atoms with van der Waals surface area (Å²) in [7, 11) is 0. The molecule has 16 heavy (non-hydrogen) atoms. The van der Waals surface area contributed by atoms with E-state index in [0.717, 1.165) is 0 Å². The number of nitro groups is 1. The summed E-state index contributed by atoms with van der Waals surface area (Å²) in [6, 6.07) is 2.66. The number of carbonyl (C=O) groups is 1. The molecule has 0 saturated carbocycles. The first kappa shape index (κ1) is 12.9. The van der Waals surface area contributed by atoms with E-state index in [4.69, 9.17) is 16.3 Å². The second kappa shape index (κ2) is 5.27. The average Bonchev–Trinajstić information content (AvgIpc) is 2.21. The van der Waals surface area contributed by atoms with Crippen LogP contribution < -0.4 is 0 Å². The number of nitro benzene ring substituents is 1. The highest BCUT2D eigenvalue weighted by Crippen LogP contribution is 2.35. The molecular formula is C9H7BrClNO4. The van der Waals surface area contributed by atoms with E-state index in [9.17, 15) is 14.9 Å².